The molecule has 0 unspecified atom stereocenters. The summed E-state index contributed by atoms with van der Waals surface area (Å²) in [7, 11) is 1.74. The van der Waals surface area contributed by atoms with Crippen molar-refractivity contribution in [3.8, 4) is 0 Å². The molecular formula is C14H15NO2. The van der Waals surface area contributed by atoms with Crippen molar-refractivity contribution < 1.29 is 4.79 Å². The van der Waals surface area contributed by atoms with Crippen LogP contribution in [0, 0.1) is 6.92 Å². The number of pyridine rings is 1. The predicted molar refractivity (Wildman–Crippen MR) is 68.3 cm³/mol. The van der Waals surface area contributed by atoms with E-state index in [4.69, 9.17) is 0 Å². The molecule has 0 atom stereocenters. The quantitative estimate of drug-likeness (QED) is 0.789. The summed E-state index contributed by atoms with van der Waals surface area (Å²) in [5.41, 5.74) is 2.52. The number of Topliss-reactive ketones (excluding diaryl/α,β-unsaturated/α-hetero) is 1. The van der Waals surface area contributed by atoms with Crippen molar-refractivity contribution in [2.24, 2.45) is 7.05 Å². The number of hydrogen-bond donors (Lipinski definition) is 0. The van der Waals surface area contributed by atoms with Gasteiger partial charge in [-0.2, -0.15) is 0 Å². The van der Waals surface area contributed by atoms with Gasteiger partial charge >= 0.3 is 0 Å². The van der Waals surface area contributed by atoms with Crippen LogP contribution in [0.15, 0.2) is 29.1 Å². The van der Waals surface area contributed by atoms with Crippen molar-refractivity contribution in [3.05, 3.63) is 45.7 Å². The normalized spacial score (nSPS) is 10.8. The lowest BCUT2D eigenvalue weighted by Gasteiger charge is -2.08. The number of nitrogens with zero attached hydrogens (tertiary/aromatic N) is 1. The van der Waals surface area contributed by atoms with Gasteiger partial charge in [0.05, 0.1) is 5.52 Å². The maximum Gasteiger partial charge on any atom is 0.254 e. The highest BCUT2D eigenvalue weighted by atomic mass is 16.1. The maximum absolute atomic E-state index is 12.0. The molecule has 0 aliphatic heterocycles. The van der Waals surface area contributed by atoms with E-state index in [1.807, 2.05) is 31.2 Å². The highest BCUT2D eigenvalue weighted by Gasteiger charge is 2.08. The number of ketones is 1. The number of fused-ring (bicyclic) bond motifs is 1. The Labute approximate surface area is 99.7 Å². The van der Waals surface area contributed by atoms with Crippen molar-refractivity contribution in [1.82, 2.24) is 4.57 Å². The summed E-state index contributed by atoms with van der Waals surface area (Å²) in [5, 5.41) is 1.00. The predicted octanol–water partition coefficient (Wildman–Crippen LogP) is 1.98. The Bertz CT molecular complexity index is 653. The number of benzene rings is 1. The van der Waals surface area contributed by atoms with Gasteiger partial charge in [-0.05, 0) is 37.4 Å². The van der Waals surface area contributed by atoms with Gasteiger partial charge in [-0.1, -0.05) is 11.6 Å². The molecule has 1 heterocycles. The fourth-order valence-electron chi connectivity index (χ4n) is 2.06. The summed E-state index contributed by atoms with van der Waals surface area (Å²) in [4.78, 5) is 23.1. The SMILES string of the molecule is CC(=O)Cc1cc2cc(C)ccc2n(C)c1=O. The summed E-state index contributed by atoms with van der Waals surface area (Å²) in [6, 6.07) is 7.76. The maximum atomic E-state index is 12.0. The van der Waals surface area contributed by atoms with E-state index in [1.54, 1.807) is 11.6 Å². The fraction of sp³-hybridized carbons (Fsp3) is 0.286. The van der Waals surface area contributed by atoms with Crippen LogP contribution in [0.5, 0.6) is 0 Å². The van der Waals surface area contributed by atoms with Gasteiger partial charge in [-0.25, -0.2) is 0 Å². The van der Waals surface area contributed by atoms with E-state index < -0.39 is 0 Å². The number of carbonyl (C=O) groups excluding carboxylic acids is 1. The third-order valence-electron chi connectivity index (χ3n) is 2.89. The van der Waals surface area contributed by atoms with Gasteiger partial charge in [-0.3, -0.25) is 9.59 Å². The number of aromatic nitrogens is 1. The zero-order chi connectivity index (χ0) is 12.6. The molecule has 0 saturated heterocycles. The average Bonchev–Trinajstić information content (AvgIpc) is 2.24. The Balaban J connectivity index is 2.75. The Morgan fingerprint density at radius 2 is 2.00 bits per heavy atom. The minimum atomic E-state index is -0.0865. The van der Waals surface area contributed by atoms with Crippen molar-refractivity contribution >= 4 is 16.7 Å². The van der Waals surface area contributed by atoms with Gasteiger partial charge < -0.3 is 4.57 Å². The number of aryl methyl sites for hydroxylation is 2. The monoisotopic (exact) mass is 229 g/mol. The molecule has 1 aromatic carbocycles. The van der Waals surface area contributed by atoms with Crippen LogP contribution >= 0.6 is 0 Å². The molecule has 2 rings (SSSR count). The average molecular weight is 229 g/mol. The Kier molecular flexibility index (Phi) is 2.84. The van der Waals surface area contributed by atoms with Gasteiger partial charge in [0.25, 0.3) is 5.56 Å². The highest BCUT2D eigenvalue weighted by molar-refractivity contribution is 5.83. The largest absolute Gasteiger partial charge is 0.311 e. The third-order valence-corrected chi connectivity index (χ3v) is 2.89. The molecule has 0 amide bonds. The summed E-state index contributed by atoms with van der Waals surface area (Å²) in [6.45, 7) is 3.51. The molecule has 3 heteroatoms. The number of carbonyl (C=O) groups is 1. The van der Waals surface area contributed by atoms with Crippen molar-refractivity contribution in [2.45, 2.75) is 20.3 Å². The zero-order valence-corrected chi connectivity index (χ0v) is 10.3. The minimum Gasteiger partial charge on any atom is -0.311 e. The van der Waals surface area contributed by atoms with Gasteiger partial charge in [-0.15, -0.1) is 0 Å². The van der Waals surface area contributed by atoms with Gasteiger partial charge in [0, 0.05) is 19.0 Å². The first kappa shape index (κ1) is 11.6. The summed E-state index contributed by atoms with van der Waals surface area (Å²) >= 11 is 0. The second kappa shape index (κ2) is 4.17. The van der Waals surface area contributed by atoms with E-state index >= 15 is 0 Å². The van der Waals surface area contributed by atoms with Crippen LogP contribution in [0.2, 0.25) is 0 Å². The van der Waals surface area contributed by atoms with Crippen LogP contribution in [-0.4, -0.2) is 10.4 Å². The van der Waals surface area contributed by atoms with E-state index in [2.05, 4.69) is 0 Å². The zero-order valence-electron chi connectivity index (χ0n) is 10.3. The Morgan fingerprint density at radius 3 is 2.65 bits per heavy atom. The lowest BCUT2D eigenvalue weighted by molar-refractivity contribution is -0.116. The fourth-order valence-corrected chi connectivity index (χ4v) is 2.06. The van der Waals surface area contributed by atoms with Gasteiger partial charge in [0.2, 0.25) is 0 Å². The van der Waals surface area contributed by atoms with E-state index in [1.165, 1.54) is 6.92 Å². The second-order valence-corrected chi connectivity index (χ2v) is 4.47. The third kappa shape index (κ3) is 2.13. The molecule has 0 fully saturated rings. The smallest absolute Gasteiger partial charge is 0.254 e. The first-order valence-electron chi connectivity index (χ1n) is 5.58. The van der Waals surface area contributed by atoms with Gasteiger partial charge in [0.15, 0.2) is 0 Å². The van der Waals surface area contributed by atoms with E-state index in [-0.39, 0.29) is 17.8 Å². The molecule has 0 bridgehead atoms. The summed E-state index contributed by atoms with van der Waals surface area (Å²) in [5.74, 6) is 0.00843. The minimum absolute atomic E-state index is 0.00843. The van der Waals surface area contributed by atoms with Crippen LogP contribution in [0.1, 0.15) is 18.1 Å². The van der Waals surface area contributed by atoms with E-state index in [0.29, 0.717) is 5.56 Å². The first-order valence-corrected chi connectivity index (χ1v) is 5.58. The Morgan fingerprint density at radius 1 is 1.29 bits per heavy atom. The Hall–Kier alpha value is -1.90. The lowest BCUT2D eigenvalue weighted by Crippen LogP contribution is -2.22. The van der Waals surface area contributed by atoms with Crippen molar-refractivity contribution in [2.75, 3.05) is 0 Å². The summed E-state index contributed by atoms with van der Waals surface area (Å²) in [6.07, 6.45) is 0.205. The van der Waals surface area contributed by atoms with E-state index in [9.17, 15) is 9.59 Å². The molecule has 17 heavy (non-hydrogen) atoms. The molecule has 0 aliphatic carbocycles. The molecule has 0 aliphatic rings. The second-order valence-electron chi connectivity index (χ2n) is 4.47. The topological polar surface area (TPSA) is 39.1 Å². The van der Waals surface area contributed by atoms with Crippen LogP contribution in [0.25, 0.3) is 10.9 Å². The molecule has 3 nitrogen and oxygen atoms in total. The molecular weight excluding hydrogens is 214 g/mol. The molecule has 1 aromatic heterocycles. The van der Waals surface area contributed by atoms with Crippen LogP contribution < -0.4 is 5.56 Å². The molecule has 0 N–H and O–H groups in total. The van der Waals surface area contributed by atoms with Crippen LogP contribution in [0.3, 0.4) is 0 Å². The number of rotatable bonds is 2. The molecule has 0 radical (unpaired) electrons. The molecule has 0 saturated carbocycles. The molecule has 0 spiro atoms. The highest BCUT2D eigenvalue weighted by Crippen LogP contribution is 2.15. The summed E-state index contributed by atoms with van der Waals surface area (Å²) < 4.78 is 1.60. The standard InChI is InChI=1S/C14H15NO2/c1-9-4-5-13-11(6-9)8-12(7-10(2)16)14(17)15(13)3/h4-6,8H,7H2,1-3H3. The van der Waals surface area contributed by atoms with Crippen molar-refractivity contribution in [1.29, 1.82) is 0 Å². The van der Waals surface area contributed by atoms with Gasteiger partial charge in [0.1, 0.15) is 5.78 Å². The lowest BCUT2D eigenvalue weighted by atomic mass is 10.1. The van der Waals surface area contributed by atoms with Crippen LogP contribution in [0.4, 0.5) is 0 Å². The molecule has 2 aromatic rings. The van der Waals surface area contributed by atoms with Crippen LogP contribution in [-0.2, 0) is 18.3 Å². The first-order chi connectivity index (χ1) is 7.99. The number of hydrogen-bond acceptors (Lipinski definition) is 2. The van der Waals surface area contributed by atoms with E-state index in [0.717, 1.165) is 16.5 Å². The molecule has 88 valence electrons. The van der Waals surface area contributed by atoms with Crippen molar-refractivity contribution in [3.63, 3.8) is 0 Å².